The van der Waals surface area contributed by atoms with Gasteiger partial charge in [0, 0.05) is 38.2 Å². The monoisotopic (exact) mass is 1430 g/mol. The fourth-order valence-electron chi connectivity index (χ4n) is 10.1. The Morgan fingerprint density at radius 1 is 0.545 bits per heavy atom. The average Bonchev–Trinajstić information content (AvgIpc) is 1.75. The molecule has 13 amide bonds. The number of hydrogen-bond acceptors (Lipinski definition) is 24. The minimum Gasteiger partial charge on any atom is -0.481 e. The smallest absolute Gasteiger partial charge is 0.322 e. The first-order valence-electron chi connectivity index (χ1n) is 31.9. The van der Waals surface area contributed by atoms with Crippen LogP contribution in [-0.4, -0.2) is 273 Å². The number of nitrogens with one attached hydrogen (secondary N) is 13. The summed E-state index contributed by atoms with van der Waals surface area (Å²) >= 11 is 0. The molecule has 0 bridgehead atoms. The van der Waals surface area contributed by atoms with Crippen LogP contribution < -0.4 is 75.7 Å². The van der Waals surface area contributed by atoms with Crippen LogP contribution >= 0.6 is 0 Å². The number of amides is 13. The maximum atomic E-state index is 14.2. The number of nitrogens with zero attached hydrogens (tertiary/aromatic N) is 3. The number of aliphatic hydroxyl groups is 5. The largest absolute Gasteiger partial charge is 0.481 e. The van der Waals surface area contributed by atoms with Gasteiger partial charge in [-0.25, -0.2) is 9.97 Å². The van der Waals surface area contributed by atoms with Crippen molar-refractivity contribution in [1.82, 2.24) is 83.3 Å². The minimum atomic E-state index is -2.07. The molecule has 14 atom stereocenters. The van der Waals surface area contributed by atoms with Gasteiger partial charge in [-0.05, 0) is 70.9 Å². The highest BCUT2D eigenvalue weighted by atomic mass is 16.4. The summed E-state index contributed by atoms with van der Waals surface area (Å²) in [6.45, 7) is -2.20. The van der Waals surface area contributed by atoms with E-state index in [1.165, 1.54) is 25.0 Å². The first kappa shape index (κ1) is 82.8. The Kier molecular flexibility index (Phi) is 34.2. The van der Waals surface area contributed by atoms with Crippen LogP contribution in [0.4, 0.5) is 0 Å². The Bertz CT molecular complexity index is 3310. The molecule has 1 aliphatic rings. The quantitative estimate of drug-likeness (QED) is 0.0234. The summed E-state index contributed by atoms with van der Waals surface area (Å²) < 4.78 is 0. The number of aromatic nitrogens is 4. The Labute approximate surface area is 576 Å². The van der Waals surface area contributed by atoms with Gasteiger partial charge in [-0.3, -0.25) is 71.9 Å². The van der Waals surface area contributed by atoms with Crippen LogP contribution in [0.2, 0.25) is 0 Å². The first-order valence-corrected chi connectivity index (χ1v) is 31.9. The van der Waals surface area contributed by atoms with E-state index in [2.05, 4.69) is 73.1 Å². The lowest BCUT2D eigenvalue weighted by Gasteiger charge is -2.30. The van der Waals surface area contributed by atoms with E-state index in [4.69, 9.17) is 22.3 Å². The van der Waals surface area contributed by atoms with E-state index < -0.39 is 219 Å². The Morgan fingerprint density at radius 3 is 1.45 bits per heavy atom. The van der Waals surface area contributed by atoms with Crippen LogP contribution in [0.1, 0.15) is 82.2 Å². The molecule has 1 aliphatic heterocycles. The lowest BCUT2D eigenvalue weighted by atomic mass is 10.0. The molecular weight excluding hydrogens is 1340 g/mol. The predicted molar refractivity (Wildman–Crippen MR) is 346 cm³/mol. The molecule has 101 heavy (non-hydrogen) atoms. The lowest BCUT2D eigenvalue weighted by molar-refractivity contribution is -0.143. The van der Waals surface area contributed by atoms with Gasteiger partial charge in [0.1, 0.15) is 73.0 Å². The van der Waals surface area contributed by atoms with E-state index in [1.807, 2.05) is 5.32 Å². The number of benzene rings is 1. The zero-order valence-electron chi connectivity index (χ0n) is 55.1. The number of primary amides is 1. The van der Waals surface area contributed by atoms with E-state index >= 15 is 0 Å². The highest BCUT2D eigenvalue weighted by molar-refractivity contribution is 6.00. The molecular formula is C60H89N19O22. The number of nitrogens with two attached hydrogens (primary N) is 3. The second-order valence-electron chi connectivity index (χ2n) is 23.5. The number of hydrogen-bond donors (Lipinski definition) is 23. The lowest BCUT2D eigenvalue weighted by Crippen LogP contribution is -2.63. The number of unbranched alkanes of at least 4 members (excludes halogenated alkanes) is 1. The molecule has 0 aliphatic carbocycles. The standard InChI is InChI=1S/C60H89N19O22/c1-29(83)47(77-49(90)34(62)17-31-9-4-3-5-10-31)59(100)72-38(20-44(63)85)53(94)78-48(30(2)84)58(99)70-35(11-6-7-15-61)50(91)69-36(13-14-45(86)87)51(92)74-41(25-81)55(96)76-42(26-82)56(97)75-40(24-80)54(95)71-37(18-32-21-64-27-67-32)52(93)73-39(19-33-22-65-28-68-33)60(101)79-16-8-12-43(79)57(98)66-23-46(88)89/h3-5,9-10,21-22,27-30,34-43,47-48,80-84H,6-8,11-20,23-26,61-62H2,1-2H3,(H2,63,85)(H,64,67)(H,65,68)(H,66,98)(H,69,91)(H,70,99)(H,71,95)(H,72,100)(H,73,93)(H,74,92)(H,75,97)(H,76,96)(H,77,90)(H,78,94)(H,86,87)(H,88,89)/t29-,30-,34+,35+,36+,37+,38+,39+,40+,41+,42+,43+,47+,48+/m1/s1. The molecule has 0 radical (unpaired) electrons. The summed E-state index contributed by atoms with van der Waals surface area (Å²) in [5, 5.41) is 95.6. The molecule has 4 rings (SSSR count). The molecule has 41 nitrogen and oxygen atoms in total. The van der Waals surface area contributed by atoms with Gasteiger partial charge < -0.3 is 126 Å². The number of H-pyrrole nitrogens is 2. The van der Waals surface area contributed by atoms with Gasteiger partial charge in [0.05, 0.1) is 68.5 Å². The predicted octanol–water partition coefficient (Wildman–Crippen LogP) is -10.9. The topological polar surface area (TPSA) is 669 Å². The van der Waals surface area contributed by atoms with Crippen LogP contribution in [0.3, 0.4) is 0 Å². The van der Waals surface area contributed by atoms with E-state index in [-0.39, 0.29) is 69.4 Å². The number of aromatic amines is 2. The molecule has 3 heterocycles. The maximum Gasteiger partial charge on any atom is 0.322 e. The summed E-state index contributed by atoms with van der Waals surface area (Å²) in [6, 6.07) is -12.3. The van der Waals surface area contributed by atoms with Crippen LogP contribution in [0.15, 0.2) is 55.4 Å². The van der Waals surface area contributed by atoms with Gasteiger partial charge in [0.25, 0.3) is 0 Å². The Balaban J connectivity index is 1.47. The summed E-state index contributed by atoms with van der Waals surface area (Å²) in [5.74, 6) is -17.9. The van der Waals surface area contributed by atoms with Crippen molar-refractivity contribution in [2.75, 3.05) is 39.5 Å². The number of carboxylic acids is 2. The number of carbonyl (C=O) groups excluding carboxylic acids is 13. The van der Waals surface area contributed by atoms with E-state index in [0.29, 0.717) is 12.0 Å². The van der Waals surface area contributed by atoms with Crippen molar-refractivity contribution in [2.45, 2.75) is 169 Å². The SMILES string of the molecule is C[C@@H](O)[C@H](NC(=O)[C@H](CC(N)=O)NC(=O)[C@@H](NC(=O)[C@@H](N)Cc1ccccc1)[C@@H](C)O)C(=O)N[C@@H](CCCCN)C(=O)N[C@@H](CCC(=O)O)C(=O)N[C@@H](CO)C(=O)N[C@@H](CO)C(=O)N[C@@H](CO)C(=O)N[C@@H](Cc1c[nH]cn1)C(=O)N[C@@H](Cc1c[nH]cn1)C(=O)N1CCC[C@H]1C(=O)NCC(=O)O. The maximum absolute atomic E-state index is 14.2. The fourth-order valence-corrected chi connectivity index (χ4v) is 10.1. The molecule has 2 aromatic heterocycles. The molecule has 0 unspecified atom stereocenters. The summed E-state index contributed by atoms with van der Waals surface area (Å²) in [7, 11) is 0. The van der Waals surface area contributed by atoms with Gasteiger partial charge in [-0.1, -0.05) is 30.3 Å². The zero-order chi connectivity index (χ0) is 75.0. The van der Waals surface area contributed by atoms with Crippen molar-refractivity contribution < 1.29 is 108 Å². The van der Waals surface area contributed by atoms with Crippen LogP contribution in [0, 0.1) is 0 Å². The van der Waals surface area contributed by atoms with Gasteiger partial charge in [0.15, 0.2) is 0 Å². The number of imidazole rings is 2. The van der Waals surface area contributed by atoms with E-state index in [9.17, 15) is 103 Å². The van der Waals surface area contributed by atoms with E-state index in [0.717, 1.165) is 18.7 Å². The number of likely N-dealkylation sites (tertiary alicyclic amines) is 1. The third-order valence-corrected chi connectivity index (χ3v) is 15.5. The van der Waals surface area contributed by atoms with Gasteiger partial charge in [-0.2, -0.15) is 0 Å². The summed E-state index contributed by atoms with van der Waals surface area (Å²) in [4.78, 5) is 215. The molecule has 0 saturated carbocycles. The zero-order valence-corrected chi connectivity index (χ0v) is 55.1. The van der Waals surface area contributed by atoms with Crippen LogP contribution in [-0.2, 0) is 91.2 Å². The molecule has 3 aromatic rings. The molecule has 556 valence electrons. The number of rotatable bonds is 44. The normalized spacial score (nSPS) is 16.5. The van der Waals surface area contributed by atoms with Crippen molar-refractivity contribution >= 4 is 88.7 Å². The van der Waals surface area contributed by atoms with Crippen LogP contribution in [0.5, 0.6) is 0 Å². The Morgan fingerprint density at radius 2 is 0.980 bits per heavy atom. The van der Waals surface area contributed by atoms with Gasteiger partial charge >= 0.3 is 11.9 Å². The minimum absolute atomic E-state index is 0.0199. The summed E-state index contributed by atoms with van der Waals surface area (Å²) in [6.07, 6.45) is -0.727. The number of aliphatic hydroxyl groups excluding tert-OH is 5. The van der Waals surface area contributed by atoms with Crippen molar-refractivity contribution in [2.24, 2.45) is 17.2 Å². The third kappa shape index (κ3) is 27.2. The Hall–Kier alpha value is -10.6. The molecule has 41 heteroatoms. The number of carbonyl (C=O) groups is 15. The van der Waals surface area contributed by atoms with Crippen LogP contribution in [0.25, 0.3) is 0 Å². The average molecular weight is 1430 g/mol. The fraction of sp³-hybridized carbons (Fsp3) is 0.550. The number of aliphatic carboxylic acids is 2. The van der Waals surface area contributed by atoms with Gasteiger partial charge in [-0.15, -0.1) is 0 Å². The molecule has 1 saturated heterocycles. The van der Waals surface area contributed by atoms with Crippen molar-refractivity contribution in [3.8, 4) is 0 Å². The van der Waals surface area contributed by atoms with E-state index in [1.54, 1.807) is 30.3 Å². The van der Waals surface area contributed by atoms with Crippen molar-refractivity contribution in [3.05, 3.63) is 72.3 Å². The molecule has 1 aromatic carbocycles. The van der Waals surface area contributed by atoms with Gasteiger partial charge in [0.2, 0.25) is 76.8 Å². The molecule has 1 fully saturated rings. The first-order chi connectivity index (χ1) is 47.9. The summed E-state index contributed by atoms with van der Waals surface area (Å²) in [5.41, 5.74) is 18.2. The highest BCUT2D eigenvalue weighted by Crippen LogP contribution is 2.20. The number of carboxylic acid groups (broad SMARTS) is 2. The molecule has 0 spiro atoms. The second-order valence-corrected chi connectivity index (χ2v) is 23.5. The molecule has 26 N–H and O–H groups in total. The highest BCUT2D eigenvalue weighted by Gasteiger charge is 2.41. The van der Waals surface area contributed by atoms with Crippen molar-refractivity contribution in [3.63, 3.8) is 0 Å². The second kappa shape index (κ2) is 41.7. The third-order valence-electron chi connectivity index (χ3n) is 15.5. The van der Waals surface area contributed by atoms with Crippen molar-refractivity contribution in [1.29, 1.82) is 0 Å².